The van der Waals surface area contributed by atoms with Crippen LogP contribution in [0.1, 0.15) is 23.2 Å². The van der Waals surface area contributed by atoms with Gasteiger partial charge in [-0.15, -0.1) is 0 Å². The second-order valence-electron chi connectivity index (χ2n) is 6.72. The van der Waals surface area contributed by atoms with Crippen LogP contribution in [0.2, 0.25) is 0 Å². The van der Waals surface area contributed by atoms with E-state index in [1.165, 1.54) is 0 Å². The molecule has 4 rings (SSSR count). The predicted octanol–water partition coefficient (Wildman–Crippen LogP) is 3.78. The van der Waals surface area contributed by atoms with Crippen LogP contribution in [-0.2, 0) is 4.79 Å². The number of hydrogen-bond donors (Lipinski definition) is 3. The van der Waals surface area contributed by atoms with Gasteiger partial charge in [0.25, 0.3) is 5.91 Å². The Labute approximate surface area is 157 Å². The van der Waals surface area contributed by atoms with Gasteiger partial charge in [0.1, 0.15) is 0 Å². The molecule has 1 saturated carbocycles. The van der Waals surface area contributed by atoms with Gasteiger partial charge in [-0.05, 0) is 36.4 Å². The molecule has 0 aliphatic heterocycles. The Hall–Kier alpha value is -3.34. The minimum Gasteiger partial charge on any atom is -0.376 e. The number of anilines is 2. The van der Waals surface area contributed by atoms with E-state index in [0.717, 1.165) is 29.3 Å². The summed E-state index contributed by atoms with van der Waals surface area (Å²) in [5.41, 5.74) is 1.92. The molecule has 3 aromatic rings. The lowest BCUT2D eigenvalue weighted by Gasteiger charge is -2.13. The highest BCUT2D eigenvalue weighted by atomic mass is 16.2. The van der Waals surface area contributed by atoms with E-state index < -0.39 is 0 Å². The number of benzene rings is 3. The van der Waals surface area contributed by atoms with Crippen LogP contribution in [0.5, 0.6) is 0 Å². The summed E-state index contributed by atoms with van der Waals surface area (Å²) < 4.78 is 0. The van der Waals surface area contributed by atoms with Crippen LogP contribution in [-0.4, -0.2) is 24.4 Å². The number of hydrogen-bond acceptors (Lipinski definition) is 3. The molecule has 0 unspecified atom stereocenters. The maximum absolute atomic E-state index is 12.4. The number of para-hydroxylation sites is 1. The summed E-state index contributed by atoms with van der Waals surface area (Å²) in [5.74, 6) is -0.343. The number of rotatable bonds is 6. The molecule has 0 spiro atoms. The van der Waals surface area contributed by atoms with Gasteiger partial charge in [0.05, 0.1) is 17.8 Å². The summed E-state index contributed by atoms with van der Waals surface area (Å²) in [6.45, 7) is 0.118. The molecule has 3 N–H and O–H groups in total. The molecule has 1 fully saturated rings. The Morgan fingerprint density at radius 2 is 1.56 bits per heavy atom. The van der Waals surface area contributed by atoms with Crippen molar-refractivity contribution in [1.82, 2.24) is 5.32 Å². The lowest BCUT2D eigenvalue weighted by molar-refractivity contribution is -0.114. The van der Waals surface area contributed by atoms with Crippen LogP contribution in [0.3, 0.4) is 0 Å². The van der Waals surface area contributed by atoms with E-state index in [0.29, 0.717) is 11.3 Å². The predicted molar refractivity (Wildman–Crippen MR) is 108 cm³/mol. The van der Waals surface area contributed by atoms with Crippen LogP contribution in [0.15, 0.2) is 66.7 Å². The van der Waals surface area contributed by atoms with Gasteiger partial charge in [-0.25, -0.2) is 0 Å². The van der Waals surface area contributed by atoms with Crippen LogP contribution < -0.4 is 16.0 Å². The maximum atomic E-state index is 12.4. The zero-order chi connectivity index (χ0) is 18.6. The van der Waals surface area contributed by atoms with Gasteiger partial charge in [-0.1, -0.05) is 48.5 Å². The third-order valence-corrected chi connectivity index (χ3v) is 4.59. The summed E-state index contributed by atoms with van der Waals surface area (Å²) in [5, 5.41) is 11.2. The minimum absolute atomic E-state index is 0.118. The molecule has 0 saturated heterocycles. The Morgan fingerprint density at radius 3 is 2.41 bits per heavy atom. The molecule has 3 aromatic carbocycles. The Kier molecular flexibility index (Phi) is 4.75. The molecular weight excluding hydrogens is 338 g/mol. The molecule has 0 heterocycles. The van der Waals surface area contributed by atoms with Crippen molar-refractivity contribution in [3.05, 3.63) is 72.3 Å². The van der Waals surface area contributed by atoms with Gasteiger partial charge in [0.2, 0.25) is 5.91 Å². The SMILES string of the molecule is O=C(CNc1cccc2ccccc12)Nc1ccccc1C(=O)NC1CC1. The molecular formula is C22H21N3O2. The van der Waals surface area contributed by atoms with E-state index in [2.05, 4.69) is 16.0 Å². The van der Waals surface area contributed by atoms with Crippen molar-refractivity contribution in [3.8, 4) is 0 Å². The van der Waals surface area contributed by atoms with Gasteiger partial charge >= 0.3 is 0 Å². The first kappa shape index (κ1) is 17.1. The number of nitrogens with one attached hydrogen (secondary N) is 3. The first-order chi connectivity index (χ1) is 13.2. The van der Waals surface area contributed by atoms with Crippen LogP contribution in [0.4, 0.5) is 11.4 Å². The second-order valence-corrected chi connectivity index (χ2v) is 6.72. The molecule has 0 radical (unpaired) electrons. The highest BCUT2D eigenvalue weighted by Crippen LogP contribution is 2.23. The summed E-state index contributed by atoms with van der Waals surface area (Å²) in [6.07, 6.45) is 2.05. The van der Waals surface area contributed by atoms with E-state index >= 15 is 0 Å². The first-order valence-corrected chi connectivity index (χ1v) is 9.12. The smallest absolute Gasteiger partial charge is 0.253 e. The largest absolute Gasteiger partial charge is 0.376 e. The van der Waals surface area contributed by atoms with Gasteiger partial charge in [-0.3, -0.25) is 9.59 Å². The van der Waals surface area contributed by atoms with E-state index in [1.54, 1.807) is 18.2 Å². The van der Waals surface area contributed by atoms with Crippen molar-refractivity contribution in [3.63, 3.8) is 0 Å². The highest BCUT2D eigenvalue weighted by molar-refractivity contribution is 6.05. The quantitative estimate of drug-likeness (QED) is 0.627. The van der Waals surface area contributed by atoms with Gasteiger partial charge in [-0.2, -0.15) is 0 Å². The number of carbonyl (C=O) groups is 2. The van der Waals surface area contributed by atoms with Crippen molar-refractivity contribution in [2.24, 2.45) is 0 Å². The third kappa shape index (κ3) is 4.08. The van der Waals surface area contributed by atoms with Crippen LogP contribution in [0, 0.1) is 0 Å². The minimum atomic E-state index is -0.199. The average molecular weight is 359 g/mol. The summed E-state index contributed by atoms with van der Waals surface area (Å²) in [6, 6.07) is 21.3. The maximum Gasteiger partial charge on any atom is 0.253 e. The van der Waals surface area contributed by atoms with Gasteiger partial charge < -0.3 is 16.0 Å². The molecule has 0 aromatic heterocycles. The zero-order valence-electron chi connectivity index (χ0n) is 14.9. The summed E-state index contributed by atoms with van der Waals surface area (Å²) >= 11 is 0. The van der Waals surface area contributed by atoms with Crippen LogP contribution in [0.25, 0.3) is 10.8 Å². The molecule has 5 heteroatoms. The van der Waals surface area contributed by atoms with E-state index in [-0.39, 0.29) is 24.4 Å². The van der Waals surface area contributed by atoms with Crippen LogP contribution >= 0.6 is 0 Å². The van der Waals surface area contributed by atoms with Crippen molar-refractivity contribution in [2.45, 2.75) is 18.9 Å². The molecule has 2 amide bonds. The third-order valence-electron chi connectivity index (χ3n) is 4.59. The van der Waals surface area contributed by atoms with Crippen molar-refractivity contribution in [1.29, 1.82) is 0 Å². The highest BCUT2D eigenvalue weighted by Gasteiger charge is 2.24. The Morgan fingerprint density at radius 1 is 0.852 bits per heavy atom. The Balaban J connectivity index is 1.43. The number of fused-ring (bicyclic) bond motifs is 1. The average Bonchev–Trinajstić information content (AvgIpc) is 3.50. The second kappa shape index (κ2) is 7.50. The molecule has 1 aliphatic carbocycles. The molecule has 0 bridgehead atoms. The number of amides is 2. The van der Waals surface area contributed by atoms with E-state index in [1.807, 2.05) is 48.5 Å². The first-order valence-electron chi connectivity index (χ1n) is 9.12. The fourth-order valence-electron chi connectivity index (χ4n) is 3.03. The molecule has 5 nitrogen and oxygen atoms in total. The normalized spacial score (nSPS) is 13.2. The Bertz CT molecular complexity index is 990. The van der Waals surface area contributed by atoms with Crippen molar-refractivity contribution >= 4 is 34.0 Å². The molecule has 27 heavy (non-hydrogen) atoms. The monoisotopic (exact) mass is 359 g/mol. The van der Waals surface area contributed by atoms with Gasteiger partial charge in [0.15, 0.2) is 0 Å². The molecule has 136 valence electrons. The fourth-order valence-corrected chi connectivity index (χ4v) is 3.03. The van der Waals surface area contributed by atoms with Crippen molar-refractivity contribution < 1.29 is 9.59 Å². The molecule has 1 aliphatic rings. The lowest BCUT2D eigenvalue weighted by Crippen LogP contribution is -2.28. The number of carbonyl (C=O) groups excluding carboxylic acids is 2. The zero-order valence-corrected chi connectivity index (χ0v) is 14.9. The summed E-state index contributed by atoms with van der Waals surface area (Å²) in [7, 11) is 0. The lowest BCUT2D eigenvalue weighted by atomic mass is 10.1. The molecule has 0 atom stereocenters. The van der Waals surface area contributed by atoms with E-state index in [4.69, 9.17) is 0 Å². The summed E-state index contributed by atoms with van der Waals surface area (Å²) in [4.78, 5) is 24.8. The standard InChI is InChI=1S/C22H21N3O2/c26-21(14-23-19-11-5-7-15-6-1-2-8-17(15)19)25-20-10-4-3-9-18(20)22(27)24-16-12-13-16/h1-11,16,23H,12-14H2,(H,24,27)(H,25,26). The van der Waals surface area contributed by atoms with Crippen molar-refractivity contribution in [2.75, 3.05) is 17.2 Å². The topological polar surface area (TPSA) is 70.2 Å². The fraction of sp³-hybridized carbons (Fsp3) is 0.182. The van der Waals surface area contributed by atoms with Gasteiger partial charge in [0, 0.05) is 17.1 Å². The van der Waals surface area contributed by atoms with E-state index in [9.17, 15) is 9.59 Å².